The van der Waals surface area contributed by atoms with Crippen LogP contribution < -0.4 is 9.47 Å². The van der Waals surface area contributed by atoms with Crippen LogP contribution in [0.25, 0.3) is 0 Å². The second-order valence-electron chi connectivity index (χ2n) is 6.68. The summed E-state index contributed by atoms with van der Waals surface area (Å²) in [7, 11) is 2.20. The van der Waals surface area contributed by atoms with Gasteiger partial charge in [0.25, 0.3) is 0 Å². The molecule has 8 nitrogen and oxygen atoms in total. The minimum Gasteiger partial charge on any atom is -0.494 e. The first-order valence-corrected chi connectivity index (χ1v) is 11.4. The Bertz CT molecular complexity index is 1020. The summed E-state index contributed by atoms with van der Waals surface area (Å²) in [5.41, 5.74) is 0.694. The number of ketones is 1. The number of carbonyl (C=O) groups is 1. The van der Waals surface area contributed by atoms with E-state index >= 15 is 0 Å². The summed E-state index contributed by atoms with van der Waals surface area (Å²) in [5, 5.41) is 4.19. The molecule has 0 spiro atoms. The molecule has 29 heavy (non-hydrogen) atoms. The van der Waals surface area contributed by atoms with Crippen molar-refractivity contribution < 1.29 is 23.2 Å². The van der Waals surface area contributed by atoms with Crippen LogP contribution in [0, 0.1) is 0 Å². The molecule has 0 bridgehead atoms. The number of nitrogens with zero attached hydrogens (tertiary/aromatic N) is 3. The Morgan fingerprint density at radius 2 is 1.97 bits per heavy atom. The minimum atomic E-state index is -2.43. The molecule has 0 N–H and O–H groups in total. The highest BCUT2D eigenvalue weighted by molar-refractivity contribution is 7.93. The zero-order valence-corrected chi connectivity index (χ0v) is 18.2. The van der Waals surface area contributed by atoms with E-state index in [1.807, 2.05) is 0 Å². The van der Waals surface area contributed by atoms with Crippen molar-refractivity contribution in [2.45, 2.75) is 19.3 Å². The van der Waals surface area contributed by atoms with Gasteiger partial charge in [0.05, 0.1) is 28.1 Å². The van der Waals surface area contributed by atoms with Crippen molar-refractivity contribution in [1.82, 2.24) is 9.78 Å². The molecule has 10 heteroatoms. The lowest BCUT2D eigenvalue weighted by Crippen LogP contribution is -2.16. The van der Waals surface area contributed by atoms with Crippen molar-refractivity contribution in [3.05, 3.63) is 34.5 Å². The highest BCUT2D eigenvalue weighted by Gasteiger charge is 2.25. The van der Waals surface area contributed by atoms with Gasteiger partial charge in [-0.1, -0.05) is 18.0 Å². The van der Waals surface area contributed by atoms with Gasteiger partial charge in [0.2, 0.25) is 11.7 Å². The first kappa shape index (κ1) is 21.6. The Morgan fingerprint density at radius 3 is 2.62 bits per heavy atom. The van der Waals surface area contributed by atoms with E-state index in [1.54, 1.807) is 19.2 Å². The molecule has 0 unspecified atom stereocenters. The van der Waals surface area contributed by atoms with E-state index in [-0.39, 0.29) is 40.3 Å². The quantitative estimate of drug-likeness (QED) is 0.481. The van der Waals surface area contributed by atoms with Crippen molar-refractivity contribution in [3.63, 3.8) is 0 Å². The highest BCUT2D eigenvalue weighted by atomic mass is 35.5. The molecule has 0 aliphatic carbocycles. The third kappa shape index (κ3) is 4.57. The maximum atomic E-state index is 13.2. The monoisotopic (exact) mass is 441 g/mol. The van der Waals surface area contributed by atoms with Crippen molar-refractivity contribution in [2.75, 3.05) is 32.5 Å². The van der Waals surface area contributed by atoms with Gasteiger partial charge in [-0.2, -0.15) is 9.46 Å². The normalized spacial score (nSPS) is 15.7. The summed E-state index contributed by atoms with van der Waals surface area (Å²) in [6.45, 7) is -0.0290. The van der Waals surface area contributed by atoms with Gasteiger partial charge >= 0.3 is 0 Å². The van der Waals surface area contributed by atoms with Gasteiger partial charge in [-0.15, -0.1) is 0 Å². The molecule has 2 aromatic rings. The largest absolute Gasteiger partial charge is 0.494 e. The molecule has 3 rings (SSSR count). The van der Waals surface area contributed by atoms with Gasteiger partial charge in [0.1, 0.15) is 17.0 Å². The second kappa shape index (κ2) is 9.15. The fourth-order valence-electron chi connectivity index (χ4n) is 3.18. The summed E-state index contributed by atoms with van der Waals surface area (Å²) in [6, 6.07) is 3.17. The molecule has 0 amide bonds. The van der Waals surface area contributed by atoms with E-state index in [2.05, 4.69) is 9.46 Å². The van der Waals surface area contributed by atoms with E-state index in [1.165, 1.54) is 25.1 Å². The van der Waals surface area contributed by atoms with Crippen LogP contribution in [0.15, 0.2) is 22.7 Å². The van der Waals surface area contributed by atoms with Gasteiger partial charge in [0, 0.05) is 31.2 Å². The number of ether oxygens (including phenoxy) is 3. The first-order chi connectivity index (χ1) is 13.9. The van der Waals surface area contributed by atoms with Crippen molar-refractivity contribution in [1.29, 1.82) is 0 Å². The lowest BCUT2D eigenvalue weighted by atomic mass is 10.0. The van der Waals surface area contributed by atoms with Crippen molar-refractivity contribution in [3.8, 4) is 11.6 Å². The maximum absolute atomic E-state index is 13.2. The number of aryl methyl sites for hydroxylation is 1. The molecule has 0 saturated carbocycles. The lowest BCUT2D eigenvalue weighted by Gasteiger charge is -2.17. The molecular weight excluding hydrogens is 418 g/mol. The molecule has 0 atom stereocenters. The molecular formula is C19H24ClN3O5S. The Labute approximate surface area is 175 Å². The van der Waals surface area contributed by atoms with Crippen LogP contribution in [0.1, 0.15) is 35.2 Å². The number of halogens is 1. The summed E-state index contributed by atoms with van der Waals surface area (Å²) in [6.07, 6.45) is 4.17. The molecule has 158 valence electrons. The molecule has 1 aliphatic rings. The molecule has 2 heterocycles. The van der Waals surface area contributed by atoms with E-state index in [9.17, 15) is 9.00 Å². The number of hydrogen-bond donors (Lipinski definition) is 0. The zero-order chi connectivity index (χ0) is 21.0. The number of hydrogen-bond acceptors (Lipinski definition) is 7. The van der Waals surface area contributed by atoms with E-state index in [0.717, 1.165) is 19.3 Å². The standard InChI is InChI=1S/C19H24ClN3O5S/c1-23-19(28-12-26-2)14(11-21-23)18(24)13-7-8-15(27-3)17(16(13)20)22-29(25)9-5-4-6-10-29/h7-8,11H,4-6,9-10,12H2,1-3H3. The predicted octanol–water partition coefficient (Wildman–Crippen LogP) is 3.58. The third-order valence-corrected chi connectivity index (χ3v) is 7.42. The highest BCUT2D eigenvalue weighted by Crippen LogP contribution is 2.40. The van der Waals surface area contributed by atoms with Crippen LogP contribution in [0.5, 0.6) is 11.6 Å². The van der Waals surface area contributed by atoms with Gasteiger partial charge in [-0.05, 0) is 25.0 Å². The summed E-state index contributed by atoms with van der Waals surface area (Å²) in [5.74, 6) is 1.29. The Kier molecular flexibility index (Phi) is 6.81. The summed E-state index contributed by atoms with van der Waals surface area (Å²) >= 11 is 6.57. The zero-order valence-electron chi connectivity index (χ0n) is 16.6. The van der Waals surface area contributed by atoms with Gasteiger partial charge in [-0.25, -0.2) is 8.89 Å². The van der Waals surface area contributed by atoms with Crippen LogP contribution in [0.4, 0.5) is 5.69 Å². The molecule has 1 fully saturated rings. The topological polar surface area (TPSA) is 92.0 Å². The molecule has 1 aromatic carbocycles. The minimum absolute atomic E-state index is 0.0290. The predicted molar refractivity (Wildman–Crippen MR) is 111 cm³/mol. The van der Waals surface area contributed by atoms with Crippen LogP contribution in [0.3, 0.4) is 0 Å². The van der Waals surface area contributed by atoms with Gasteiger partial charge in [-0.3, -0.25) is 4.79 Å². The van der Waals surface area contributed by atoms with Crippen LogP contribution in [0.2, 0.25) is 5.02 Å². The first-order valence-electron chi connectivity index (χ1n) is 9.17. The summed E-state index contributed by atoms with van der Waals surface area (Å²) < 4.78 is 34.8. The van der Waals surface area contributed by atoms with E-state index in [4.69, 9.17) is 25.8 Å². The van der Waals surface area contributed by atoms with Crippen LogP contribution >= 0.6 is 11.6 Å². The molecule has 1 aromatic heterocycles. The fraction of sp³-hybridized carbons (Fsp3) is 0.474. The average Bonchev–Trinajstić information content (AvgIpc) is 3.08. The number of rotatable bonds is 7. The maximum Gasteiger partial charge on any atom is 0.225 e. The smallest absolute Gasteiger partial charge is 0.225 e. The number of benzene rings is 1. The fourth-order valence-corrected chi connectivity index (χ4v) is 5.72. The van der Waals surface area contributed by atoms with E-state index in [0.29, 0.717) is 17.3 Å². The Hall–Kier alpha value is -2.10. The number of carbonyl (C=O) groups excluding carboxylic acids is 1. The Balaban J connectivity index is 2.07. The van der Waals surface area contributed by atoms with E-state index < -0.39 is 9.73 Å². The van der Waals surface area contributed by atoms with Gasteiger partial charge in [0.15, 0.2) is 6.79 Å². The third-order valence-electron chi connectivity index (χ3n) is 4.67. The molecule has 0 radical (unpaired) electrons. The van der Waals surface area contributed by atoms with Crippen molar-refractivity contribution >= 4 is 32.8 Å². The van der Waals surface area contributed by atoms with Crippen LogP contribution in [-0.4, -0.2) is 52.3 Å². The average molecular weight is 442 g/mol. The summed E-state index contributed by atoms with van der Waals surface area (Å²) in [4.78, 5) is 13.2. The second-order valence-corrected chi connectivity index (χ2v) is 9.60. The molecule has 1 aliphatic heterocycles. The SMILES string of the molecule is COCOc1c(C(=O)c2ccc(OC)c(N=S3(=O)CCCCC3)c2Cl)cnn1C. The molecule has 1 saturated heterocycles. The van der Waals surface area contributed by atoms with Gasteiger partial charge < -0.3 is 14.2 Å². The Morgan fingerprint density at radius 1 is 1.24 bits per heavy atom. The van der Waals surface area contributed by atoms with Crippen molar-refractivity contribution in [2.24, 2.45) is 11.4 Å². The van der Waals surface area contributed by atoms with Crippen LogP contribution in [-0.2, 0) is 21.5 Å². The number of methoxy groups -OCH3 is 2. The lowest BCUT2D eigenvalue weighted by molar-refractivity contribution is 0.0441. The number of aromatic nitrogens is 2.